The number of nitrogens with zero attached hydrogens (tertiary/aromatic N) is 6. The van der Waals surface area contributed by atoms with Crippen LogP contribution in [0.25, 0.3) is 10.8 Å². The Morgan fingerprint density at radius 2 is 1.75 bits per heavy atom. The summed E-state index contributed by atoms with van der Waals surface area (Å²) in [6, 6.07) is 14.4. The van der Waals surface area contributed by atoms with Gasteiger partial charge in [0.15, 0.2) is 5.69 Å². The zero-order chi connectivity index (χ0) is 19.7. The van der Waals surface area contributed by atoms with Gasteiger partial charge in [-0.1, -0.05) is 24.3 Å². The minimum atomic E-state index is -0.222. The van der Waals surface area contributed by atoms with Gasteiger partial charge in [0.05, 0.1) is 5.39 Å². The number of anilines is 1. The average Bonchev–Trinajstić information content (AvgIpc) is 2.76. The van der Waals surface area contributed by atoms with Crippen LogP contribution in [0.5, 0.6) is 0 Å². The third-order valence-electron chi connectivity index (χ3n) is 4.90. The number of aromatic nitrogens is 3. The zero-order valence-corrected chi connectivity index (χ0v) is 15.4. The van der Waals surface area contributed by atoms with Gasteiger partial charge in [-0.05, 0) is 18.2 Å². The summed E-state index contributed by atoms with van der Waals surface area (Å²) in [6.45, 7) is 2.24. The van der Waals surface area contributed by atoms with Crippen LogP contribution in [0.1, 0.15) is 16.2 Å². The van der Waals surface area contributed by atoms with Gasteiger partial charge in [-0.2, -0.15) is 10.4 Å². The number of amides is 1. The molecule has 2 aromatic heterocycles. The van der Waals surface area contributed by atoms with E-state index < -0.39 is 0 Å². The summed E-state index contributed by atoms with van der Waals surface area (Å²) < 4.78 is 1.21. The lowest BCUT2D eigenvalue weighted by atomic mass is 10.1. The molecular formula is C20H18N6O2. The molecule has 0 saturated carbocycles. The number of nitriles is 1. The van der Waals surface area contributed by atoms with E-state index >= 15 is 0 Å². The Hall–Kier alpha value is -3.73. The fourth-order valence-electron chi connectivity index (χ4n) is 3.41. The van der Waals surface area contributed by atoms with Crippen LogP contribution in [0.2, 0.25) is 0 Å². The van der Waals surface area contributed by atoms with Crippen LogP contribution >= 0.6 is 0 Å². The summed E-state index contributed by atoms with van der Waals surface area (Å²) in [5, 5.41) is 14.3. The quantitative estimate of drug-likeness (QED) is 0.668. The van der Waals surface area contributed by atoms with E-state index in [9.17, 15) is 9.59 Å². The van der Waals surface area contributed by atoms with Gasteiger partial charge in [-0.25, -0.2) is 9.67 Å². The smallest absolute Gasteiger partial charge is 0.275 e. The van der Waals surface area contributed by atoms with E-state index in [2.05, 4.69) is 15.0 Å². The summed E-state index contributed by atoms with van der Waals surface area (Å²) in [7, 11) is 1.55. The fraction of sp³-hybridized carbons (Fsp3) is 0.250. The molecule has 0 N–H and O–H groups in total. The minimum Gasteiger partial charge on any atom is -0.353 e. The van der Waals surface area contributed by atoms with Crippen LogP contribution in [0.3, 0.4) is 0 Å². The summed E-state index contributed by atoms with van der Waals surface area (Å²) in [5.41, 5.74) is 0.438. The van der Waals surface area contributed by atoms with Crippen LogP contribution < -0.4 is 10.5 Å². The molecule has 4 rings (SSSR count). The molecule has 0 spiro atoms. The molecule has 1 aromatic carbocycles. The Labute approximate surface area is 161 Å². The van der Waals surface area contributed by atoms with E-state index in [0.717, 1.165) is 5.82 Å². The predicted molar refractivity (Wildman–Crippen MR) is 104 cm³/mol. The van der Waals surface area contributed by atoms with Crippen molar-refractivity contribution in [2.45, 2.75) is 0 Å². The van der Waals surface area contributed by atoms with Gasteiger partial charge < -0.3 is 9.80 Å². The maximum absolute atomic E-state index is 13.1. The molecule has 0 bridgehead atoms. The van der Waals surface area contributed by atoms with E-state index in [1.165, 1.54) is 4.68 Å². The van der Waals surface area contributed by atoms with Crippen molar-refractivity contribution >= 4 is 22.5 Å². The molecule has 3 heterocycles. The Balaban J connectivity index is 1.57. The maximum Gasteiger partial charge on any atom is 0.275 e. The predicted octanol–water partition coefficient (Wildman–Crippen LogP) is 1.16. The Kier molecular flexibility index (Phi) is 4.49. The number of fused-ring (bicyclic) bond motifs is 1. The molecule has 0 atom stereocenters. The molecule has 1 saturated heterocycles. The lowest BCUT2D eigenvalue weighted by molar-refractivity contribution is 0.0740. The highest BCUT2D eigenvalue weighted by atomic mass is 16.2. The van der Waals surface area contributed by atoms with E-state index in [0.29, 0.717) is 42.6 Å². The number of benzene rings is 1. The molecule has 0 unspecified atom stereocenters. The van der Waals surface area contributed by atoms with Crippen molar-refractivity contribution in [1.29, 1.82) is 5.26 Å². The Morgan fingerprint density at radius 1 is 1.04 bits per heavy atom. The van der Waals surface area contributed by atoms with E-state index in [-0.39, 0.29) is 17.2 Å². The van der Waals surface area contributed by atoms with E-state index in [4.69, 9.17) is 5.26 Å². The lowest BCUT2D eigenvalue weighted by Crippen LogP contribution is -2.49. The molecule has 28 heavy (non-hydrogen) atoms. The Bertz CT molecular complexity index is 1160. The highest BCUT2D eigenvalue weighted by Crippen LogP contribution is 2.18. The Morgan fingerprint density at radius 3 is 2.46 bits per heavy atom. The van der Waals surface area contributed by atoms with Gasteiger partial charge in [0.1, 0.15) is 17.6 Å². The molecule has 0 aliphatic carbocycles. The topological polar surface area (TPSA) is 95.1 Å². The van der Waals surface area contributed by atoms with Gasteiger partial charge in [-0.3, -0.25) is 9.59 Å². The number of carbonyl (C=O) groups excluding carboxylic acids is 1. The number of piperazine rings is 1. The number of hydrogen-bond donors (Lipinski definition) is 0. The van der Waals surface area contributed by atoms with Crippen LogP contribution in [-0.2, 0) is 7.05 Å². The molecule has 3 aromatic rings. The minimum absolute atomic E-state index is 0.190. The van der Waals surface area contributed by atoms with Gasteiger partial charge in [0, 0.05) is 38.6 Å². The monoisotopic (exact) mass is 374 g/mol. The van der Waals surface area contributed by atoms with Crippen molar-refractivity contribution in [3.63, 3.8) is 0 Å². The number of hydrogen-bond acceptors (Lipinski definition) is 6. The van der Waals surface area contributed by atoms with Crippen LogP contribution in [0, 0.1) is 11.3 Å². The first-order valence-electron chi connectivity index (χ1n) is 8.96. The van der Waals surface area contributed by atoms with Crippen molar-refractivity contribution in [1.82, 2.24) is 19.7 Å². The van der Waals surface area contributed by atoms with Crippen molar-refractivity contribution in [2.75, 3.05) is 31.1 Å². The van der Waals surface area contributed by atoms with Crippen molar-refractivity contribution in [3.05, 3.63) is 64.2 Å². The second-order valence-electron chi connectivity index (χ2n) is 6.60. The van der Waals surface area contributed by atoms with Gasteiger partial charge >= 0.3 is 0 Å². The third kappa shape index (κ3) is 3.07. The number of rotatable bonds is 2. The van der Waals surface area contributed by atoms with Crippen LogP contribution in [0.4, 0.5) is 5.82 Å². The molecule has 1 aliphatic rings. The van der Waals surface area contributed by atoms with Crippen molar-refractivity contribution in [3.8, 4) is 6.07 Å². The highest BCUT2D eigenvalue weighted by molar-refractivity contribution is 6.04. The number of pyridine rings is 1. The first kappa shape index (κ1) is 17.7. The first-order chi connectivity index (χ1) is 13.6. The average molecular weight is 374 g/mol. The normalized spacial score (nSPS) is 14.1. The largest absolute Gasteiger partial charge is 0.353 e. The van der Waals surface area contributed by atoms with Crippen molar-refractivity contribution < 1.29 is 4.79 Å². The third-order valence-corrected chi connectivity index (χ3v) is 4.90. The molecule has 1 amide bonds. The van der Waals surface area contributed by atoms with Crippen molar-refractivity contribution in [2.24, 2.45) is 7.05 Å². The molecule has 8 nitrogen and oxygen atoms in total. The van der Waals surface area contributed by atoms with Crippen LogP contribution in [-0.4, -0.2) is 51.8 Å². The second kappa shape index (κ2) is 7.12. The van der Waals surface area contributed by atoms with E-state index in [1.807, 2.05) is 12.1 Å². The summed E-state index contributed by atoms with van der Waals surface area (Å²) in [4.78, 5) is 33.5. The molecule has 8 heteroatoms. The molecule has 1 fully saturated rings. The zero-order valence-electron chi connectivity index (χ0n) is 15.4. The molecule has 1 aliphatic heterocycles. The van der Waals surface area contributed by atoms with Gasteiger partial charge in [-0.15, -0.1) is 0 Å². The van der Waals surface area contributed by atoms with Gasteiger partial charge in [0.2, 0.25) is 0 Å². The fourth-order valence-corrected chi connectivity index (χ4v) is 3.41. The molecular weight excluding hydrogens is 356 g/mol. The SMILES string of the molecule is Cn1nc(C(=O)N2CCN(c3cccc(C#N)n3)CC2)c2ccccc2c1=O. The van der Waals surface area contributed by atoms with Crippen LogP contribution in [0.15, 0.2) is 47.3 Å². The summed E-state index contributed by atoms with van der Waals surface area (Å²) >= 11 is 0. The van der Waals surface area contributed by atoms with Gasteiger partial charge in [0.25, 0.3) is 11.5 Å². The maximum atomic E-state index is 13.1. The first-order valence-corrected chi connectivity index (χ1v) is 8.96. The molecule has 140 valence electrons. The summed E-state index contributed by atoms with van der Waals surface area (Å²) in [5.74, 6) is 0.544. The van der Waals surface area contributed by atoms with E-state index in [1.54, 1.807) is 48.3 Å². The standard InChI is InChI=1S/C20H18N6O2/c1-24-19(27)16-7-3-2-6-15(16)18(23-24)20(28)26-11-9-25(10-12-26)17-8-4-5-14(13-21)22-17/h2-8H,9-12H2,1H3. The second-order valence-corrected chi connectivity index (χ2v) is 6.60. The summed E-state index contributed by atoms with van der Waals surface area (Å²) in [6.07, 6.45) is 0. The lowest BCUT2D eigenvalue weighted by Gasteiger charge is -2.35. The molecule has 0 radical (unpaired) electrons. The highest BCUT2D eigenvalue weighted by Gasteiger charge is 2.26. The number of aryl methyl sites for hydroxylation is 1. The number of carbonyl (C=O) groups is 1.